The van der Waals surface area contributed by atoms with Gasteiger partial charge in [0.15, 0.2) is 0 Å². The summed E-state index contributed by atoms with van der Waals surface area (Å²) < 4.78 is 6.19. The fourth-order valence-corrected chi connectivity index (χ4v) is 5.40. The Morgan fingerprint density at radius 1 is 1.13 bits per heavy atom. The minimum Gasteiger partial charge on any atom is -0.440 e. The first-order valence-electron chi connectivity index (χ1n) is 11.3. The Morgan fingerprint density at radius 2 is 1.87 bits per heavy atom. The quantitative estimate of drug-likeness (QED) is 0.748. The fraction of sp³-hybridized carbons (Fsp3) is 0.480. The van der Waals surface area contributed by atoms with Gasteiger partial charge in [-0.25, -0.2) is 4.79 Å². The topological polar surface area (TPSA) is 62.7 Å². The second kappa shape index (κ2) is 7.66. The summed E-state index contributed by atoms with van der Waals surface area (Å²) in [6.45, 7) is 3.81. The number of hydrogen-bond acceptors (Lipinski definition) is 4. The molecule has 3 heterocycles. The molecule has 1 aromatic carbocycles. The minimum absolute atomic E-state index is 0.194. The molecule has 2 aromatic rings. The van der Waals surface area contributed by atoms with Crippen LogP contribution < -0.4 is 0 Å². The van der Waals surface area contributed by atoms with E-state index < -0.39 is 11.1 Å². The standard InChI is InChI=1S/C25H29N3O3/c1-24(21-11-6-14-26-17-21)25(12-15-27(16-13-25)22(29)20-9-5-10-20)31-23(30)28(24)18-19-7-3-2-4-8-19/h2-4,6-8,11,14,17,20H,5,9-10,12-13,15-16,18H2,1H3. The predicted octanol–water partition coefficient (Wildman–Crippen LogP) is 4.11. The molecule has 162 valence electrons. The maximum Gasteiger partial charge on any atom is 0.411 e. The van der Waals surface area contributed by atoms with E-state index >= 15 is 0 Å². The summed E-state index contributed by atoms with van der Waals surface area (Å²) >= 11 is 0. The van der Waals surface area contributed by atoms with Gasteiger partial charge in [-0.2, -0.15) is 0 Å². The van der Waals surface area contributed by atoms with Crippen LogP contribution in [0.15, 0.2) is 54.9 Å². The van der Waals surface area contributed by atoms with E-state index in [9.17, 15) is 9.59 Å². The molecule has 3 aliphatic rings. The van der Waals surface area contributed by atoms with Crippen molar-refractivity contribution in [3.8, 4) is 0 Å². The largest absolute Gasteiger partial charge is 0.440 e. The van der Waals surface area contributed by atoms with Gasteiger partial charge in [0.2, 0.25) is 5.91 Å². The van der Waals surface area contributed by atoms with Crippen LogP contribution in [-0.2, 0) is 21.6 Å². The molecule has 1 aliphatic carbocycles. The zero-order chi connectivity index (χ0) is 21.5. The van der Waals surface area contributed by atoms with Gasteiger partial charge in [-0.05, 0) is 37.0 Å². The molecule has 6 heteroatoms. The minimum atomic E-state index is -0.682. The highest BCUT2D eigenvalue weighted by atomic mass is 16.6. The van der Waals surface area contributed by atoms with Crippen molar-refractivity contribution >= 4 is 12.0 Å². The number of piperidine rings is 1. The van der Waals surface area contributed by atoms with E-state index in [1.165, 1.54) is 0 Å². The van der Waals surface area contributed by atoms with Crippen LogP contribution in [0.25, 0.3) is 0 Å². The van der Waals surface area contributed by atoms with Gasteiger partial charge in [-0.15, -0.1) is 0 Å². The van der Waals surface area contributed by atoms with Crippen molar-refractivity contribution in [1.29, 1.82) is 0 Å². The van der Waals surface area contributed by atoms with Crippen LogP contribution in [0.1, 0.15) is 50.2 Å². The SMILES string of the molecule is CC1(c2cccnc2)N(Cc2ccccc2)C(=O)OC12CCN(C(=O)C1CCC1)CC2. The van der Waals surface area contributed by atoms with E-state index in [1.807, 2.05) is 58.5 Å². The number of amides is 2. The third-order valence-electron chi connectivity index (χ3n) is 7.67. The summed E-state index contributed by atoms with van der Waals surface area (Å²) in [6, 6.07) is 13.9. The first kappa shape index (κ1) is 20.0. The lowest BCUT2D eigenvalue weighted by Crippen LogP contribution is -2.59. The second-order valence-corrected chi connectivity index (χ2v) is 9.20. The highest BCUT2D eigenvalue weighted by Gasteiger charge is 2.64. The number of nitrogens with zero attached hydrogens (tertiary/aromatic N) is 3. The van der Waals surface area contributed by atoms with Crippen molar-refractivity contribution in [3.05, 3.63) is 66.0 Å². The van der Waals surface area contributed by atoms with Crippen LogP contribution in [0.5, 0.6) is 0 Å². The molecule has 1 unspecified atom stereocenters. The number of carbonyl (C=O) groups is 2. The Morgan fingerprint density at radius 3 is 2.48 bits per heavy atom. The lowest BCUT2D eigenvalue weighted by Gasteiger charge is -2.48. The van der Waals surface area contributed by atoms with E-state index in [1.54, 1.807) is 6.20 Å². The molecule has 1 spiro atoms. The Kier molecular flexibility index (Phi) is 4.95. The van der Waals surface area contributed by atoms with E-state index in [2.05, 4.69) is 11.9 Å². The molecule has 5 rings (SSSR count). The molecule has 0 bridgehead atoms. The molecule has 31 heavy (non-hydrogen) atoms. The number of pyridine rings is 1. The molecule has 0 N–H and O–H groups in total. The zero-order valence-electron chi connectivity index (χ0n) is 18.0. The van der Waals surface area contributed by atoms with Gasteiger partial charge in [-0.3, -0.25) is 14.7 Å². The number of ether oxygens (including phenoxy) is 1. The summed E-state index contributed by atoms with van der Waals surface area (Å²) in [5.74, 6) is 0.467. The van der Waals surface area contributed by atoms with Gasteiger partial charge in [-0.1, -0.05) is 42.8 Å². The first-order chi connectivity index (χ1) is 15.0. The lowest BCUT2D eigenvalue weighted by molar-refractivity contribution is -0.144. The van der Waals surface area contributed by atoms with Gasteiger partial charge in [0, 0.05) is 44.2 Å². The molecule has 6 nitrogen and oxygen atoms in total. The Hall–Kier alpha value is -2.89. The maximum atomic E-state index is 13.2. The molecule has 2 amide bonds. The summed E-state index contributed by atoms with van der Waals surface area (Å²) in [5.41, 5.74) is 0.678. The molecule has 3 fully saturated rings. The van der Waals surface area contributed by atoms with Crippen molar-refractivity contribution in [3.63, 3.8) is 0 Å². The number of likely N-dealkylation sites (tertiary alicyclic amines) is 1. The predicted molar refractivity (Wildman–Crippen MR) is 116 cm³/mol. The van der Waals surface area contributed by atoms with E-state index in [0.717, 1.165) is 30.4 Å². The summed E-state index contributed by atoms with van der Waals surface area (Å²) in [5, 5.41) is 0. The Labute approximate surface area is 183 Å². The maximum absolute atomic E-state index is 13.2. The monoisotopic (exact) mass is 419 g/mol. The van der Waals surface area contributed by atoms with Crippen LogP contribution in [0.3, 0.4) is 0 Å². The van der Waals surface area contributed by atoms with E-state index in [0.29, 0.717) is 32.5 Å². The van der Waals surface area contributed by atoms with Crippen LogP contribution in [-0.4, -0.2) is 45.5 Å². The molecule has 2 saturated heterocycles. The van der Waals surface area contributed by atoms with Crippen molar-refractivity contribution in [2.75, 3.05) is 13.1 Å². The van der Waals surface area contributed by atoms with Gasteiger partial charge in [0.25, 0.3) is 0 Å². The second-order valence-electron chi connectivity index (χ2n) is 9.20. The molecule has 0 radical (unpaired) electrons. The normalized spacial score (nSPS) is 25.4. The van der Waals surface area contributed by atoms with Crippen LogP contribution in [0, 0.1) is 5.92 Å². The van der Waals surface area contributed by atoms with Gasteiger partial charge in [0.05, 0.1) is 6.54 Å². The highest BCUT2D eigenvalue weighted by Crippen LogP contribution is 2.52. The van der Waals surface area contributed by atoms with E-state index in [4.69, 9.17) is 4.74 Å². The number of aromatic nitrogens is 1. The van der Waals surface area contributed by atoms with Crippen molar-refractivity contribution in [2.24, 2.45) is 5.92 Å². The van der Waals surface area contributed by atoms with E-state index in [-0.39, 0.29) is 17.9 Å². The summed E-state index contributed by atoms with van der Waals surface area (Å²) in [4.78, 5) is 34.2. The highest BCUT2D eigenvalue weighted by molar-refractivity contribution is 5.80. The number of benzene rings is 1. The van der Waals surface area contributed by atoms with Crippen LogP contribution in [0.2, 0.25) is 0 Å². The Bertz CT molecular complexity index is 952. The number of rotatable bonds is 4. The van der Waals surface area contributed by atoms with Crippen LogP contribution in [0.4, 0.5) is 4.79 Å². The number of hydrogen-bond donors (Lipinski definition) is 0. The third kappa shape index (κ3) is 3.20. The molecule has 2 aliphatic heterocycles. The lowest BCUT2D eigenvalue weighted by atomic mass is 9.70. The third-order valence-corrected chi connectivity index (χ3v) is 7.67. The molecular weight excluding hydrogens is 390 g/mol. The van der Waals surface area contributed by atoms with Gasteiger partial charge in [0.1, 0.15) is 11.1 Å². The summed E-state index contributed by atoms with van der Waals surface area (Å²) in [7, 11) is 0. The first-order valence-corrected chi connectivity index (χ1v) is 11.3. The summed E-state index contributed by atoms with van der Waals surface area (Å²) in [6.07, 6.45) is 7.73. The van der Waals surface area contributed by atoms with Crippen LogP contribution >= 0.6 is 0 Å². The number of carbonyl (C=O) groups excluding carboxylic acids is 2. The average Bonchev–Trinajstić information content (AvgIpc) is 2.96. The zero-order valence-corrected chi connectivity index (χ0v) is 18.0. The van der Waals surface area contributed by atoms with Crippen molar-refractivity contribution in [1.82, 2.24) is 14.8 Å². The molecule has 1 saturated carbocycles. The molecule has 1 aromatic heterocycles. The molecule has 1 atom stereocenters. The van der Waals surface area contributed by atoms with Gasteiger partial charge < -0.3 is 9.64 Å². The van der Waals surface area contributed by atoms with Gasteiger partial charge >= 0.3 is 6.09 Å². The molecular formula is C25H29N3O3. The average molecular weight is 420 g/mol. The Balaban J connectivity index is 1.46. The van der Waals surface area contributed by atoms with Crippen molar-refractivity contribution < 1.29 is 14.3 Å². The smallest absolute Gasteiger partial charge is 0.411 e. The van der Waals surface area contributed by atoms with Crippen molar-refractivity contribution in [2.45, 2.75) is 56.7 Å². The fourth-order valence-electron chi connectivity index (χ4n) is 5.40.